The van der Waals surface area contributed by atoms with Crippen LogP contribution < -0.4 is 15.8 Å². The molecule has 10 heteroatoms. The van der Waals surface area contributed by atoms with Gasteiger partial charge in [-0.25, -0.2) is 8.78 Å². The topological polar surface area (TPSA) is 70.1 Å². The fourth-order valence-electron chi connectivity index (χ4n) is 6.22. The van der Waals surface area contributed by atoms with E-state index >= 15 is 0 Å². The van der Waals surface area contributed by atoms with Crippen molar-refractivity contribution in [3.8, 4) is 0 Å². The van der Waals surface area contributed by atoms with Crippen LogP contribution in [0.1, 0.15) is 45.7 Å². The van der Waals surface area contributed by atoms with Crippen molar-refractivity contribution in [2.24, 2.45) is 0 Å². The first-order valence-electron chi connectivity index (χ1n) is 14.2. The predicted octanol–water partition coefficient (Wildman–Crippen LogP) is 2.57. The number of carbonyl (C=O) groups excluding carboxylic acids is 1. The Morgan fingerprint density at radius 2 is 1.90 bits per heavy atom. The first-order valence-corrected chi connectivity index (χ1v) is 14.2. The SMILES string of the molecule is C[C@@H]1CN(CC(=O)N2CC(C)(C)c3cc(=O)n(Cc4ccc(F)cc4F)cc32)[C@@H](CN2C[C@H](C)OC[C@H]2C)CN1. The highest BCUT2D eigenvalue weighted by Crippen LogP contribution is 2.39. The minimum absolute atomic E-state index is 0.0209. The van der Waals surface area contributed by atoms with Crippen LogP contribution in [0.2, 0.25) is 0 Å². The molecule has 0 bridgehead atoms. The molecule has 3 aliphatic heterocycles. The van der Waals surface area contributed by atoms with Gasteiger partial charge in [0, 0.05) is 80.2 Å². The van der Waals surface area contributed by atoms with E-state index in [9.17, 15) is 18.4 Å². The molecule has 40 heavy (non-hydrogen) atoms. The summed E-state index contributed by atoms with van der Waals surface area (Å²) < 4.78 is 35.0. The summed E-state index contributed by atoms with van der Waals surface area (Å²) in [7, 11) is 0. The fraction of sp³-hybridized carbons (Fsp3) is 0.600. The van der Waals surface area contributed by atoms with Gasteiger partial charge in [0.05, 0.1) is 31.5 Å². The molecule has 1 aromatic carbocycles. The number of fused-ring (bicyclic) bond motifs is 1. The molecule has 3 aliphatic rings. The summed E-state index contributed by atoms with van der Waals surface area (Å²) in [6.45, 7) is 15.1. The van der Waals surface area contributed by atoms with Crippen molar-refractivity contribution in [2.75, 3.05) is 50.8 Å². The molecule has 218 valence electrons. The number of amides is 1. The summed E-state index contributed by atoms with van der Waals surface area (Å²) >= 11 is 0. The lowest BCUT2D eigenvalue weighted by atomic mass is 9.87. The molecule has 0 spiro atoms. The molecule has 1 aromatic heterocycles. The maximum Gasteiger partial charge on any atom is 0.251 e. The number of pyridine rings is 1. The zero-order chi connectivity index (χ0) is 28.8. The second kappa shape index (κ2) is 11.3. The van der Waals surface area contributed by atoms with Crippen LogP contribution in [0.5, 0.6) is 0 Å². The monoisotopic (exact) mass is 557 g/mol. The van der Waals surface area contributed by atoms with Gasteiger partial charge in [-0.1, -0.05) is 19.9 Å². The first-order chi connectivity index (χ1) is 18.9. The largest absolute Gasteiger partial charge is 0.376 e. The fourth-order valence-corrected chi connectivity index (χ4v) is 6.22. The molecule has 4 heterocycles. The Kier molecular flexibility index (Phi) is 8.16. The zero-order valence-corrected chi connectivity index (χ0v) is 24.1. The smallest absolute Gasteiger partial charge is 0.251 e. The van der Waals surface area contributed by atoms with E-state index in [-0.39, 0.29) is 48.3 Å². The molecule has 0 unspecified atom stereocenters. The van der Waals surface area contributed by atoms with Crippen LogP contribution in [0, 0.1) is 11.6 Å². The zero-order valence-electron chi connectivity index (χ0n) is 24.1. The number of piperazine rings is 1. The van der Waals surface area contributed by atoms with E-state index < -0.39 is 17.0 Å². The van der Waals surface area contributed by atoms with E-state index in [4.69, 9.17) is 4.74 Å². The number of benzene rings is 1. The van der Waals surface area contributed by atoms with Gasteiger partial charge in [0.15, 0.2) is 0 Å². The molecule has 2 fully saturated rings. The summed E-state index contributed by atoms with van der Waals surface area (Å²) in [4.78, 5) is 33.4. The summed E-state index contributed by atoms with van der Waals surface area (Å²) in [6, 6.07) is 5.66. The van der Waals surface area contributed by atoms with Gasteiger partial charge in [0.2, 0.25) is 5.91 Å². The first kappa shape index (κ1) is 28.9. The van der Waals surface area contributed by atoms with E-state index in [0.29, 0.717) is 24.9 Å². The van der Waals surface area contributed by atoms with Crippen molar-refractivity contribution in [3.63, 3.8) is 0 Å². The Morgan fingerprint density at radius 3 is 2.65 bits per heavy atom. The van der Waals surface area contributed by atoms with Crippen molar-refractivity contribution in [3.05, 3.63) is 63.6 Å². The highest BCUT2D eigenvalue weighted by Gasteiger charge is 2.40. The Morgan fingerprint density at radius 1 is 1.12 bits per heavy atom. The van der Waals surface area contributed by atoms with Crippen molar-refractivity contribution >= 4 is 11.6 Å². The van der Waals surface area contributed by atoms with E-state index in [1.165, 1.54) is 16.7 Å². The van der Waals surface area contributed by atoms with Gasteiger partial charge in [0.1, 0.15) is 11.6 Å². The molecular weight excluding hydrogens is 516 g/mol. The number of carbonyl (C=O) groups is 1. The number of ether oxygens (including phenoxy) is 1. The van der Waals surface area contributed by atoms with Crippen LogP contribution in [0.4, 0.5) is 14.5 Å². The van der Waals surface area contributed by atoms with Gasteiger partial charge < -0.3 is 19.5 Å². The number of hydrogen-bond donors (Lipinski definition) is 1. The average Bonchev–Trinajstić information content (AvgIpc) is 3.14. The minimum atomic E-state index is -0.705. The Balaban J connectivity index is 1.37. The van der Waals surface area contributed by atoms with Crippen LogP contribution in [0.15, 0.2) is 35.3 Å². The number of anilines is 1. The number of hydrogen-bond acceptors (Lipinski definition) is 6. The Bertz CT molecular complexity index is 1310. The highest BCUT2D eigenvalue weighted by atomic mass is 19.1. The maximum atomic E-state index is 14.4. The lowest BCUT2D eigenvalue weighted by Crippen LogP contribution is -2.62. The maximum absolute atomic E-state index is 14.4. The summed E-state index contributed by atoms with van der Waals surface area (Å²) in [6.07, 6.45) is 1.84. The van der Waals surface area contributed by atoms with E-state index in [1.807, 2.05) is 13.8 Å². The average molecular weight is 558 g/mol. The molecule has 8 nitrogen and oxygen atoms in total. The van der Waals surface area contributed by atoms with Crippen LogP contribution in [-0.2, 0) is 21.5 Å². The molecular formula is C30H41F2N5O3. The second-order valence-electron chi connectivity index (χ2n) is 12.5. The van der Waals surface area contributed by atoms with Crippen LogP contribution in [0.3, 0.4) is 0 Å². The van der Waals surface area contributed by atoms with E-state index in [1.54, 1.807) is 17.2 Å². The molecule has 0 saturated carbocycles. The molecule has 4 atom stereocenters. The highest BCUT2D eigenvalue weighted by molar-refractivity contribution is 5.97. The van der Waals surface area contributed by atoms with Crippen LogP contribution in [-0.4, -0.2) is 90.4 Å². The van der Waals surface area contributed by atoms with Crippen LogP contribution >= 0.6 is 0 Å². The molecule has 2 saturated heterocycles. The second-order valence-corrected chi connectivity index (χ2v) is 12.5. The lowest BCUT2D eigenvalue weighted by molar-refractivity contribution is -0.121. The normalized spacial score (nSPS) is 27.1. The van der Waals surface area contributed by atoms with Gasteiger partial charge in [0.25, 0.3) is 5.56 Å². The summed E-state index contributed by atoms with van der Waals surface area (Å²) in [5.41, 5.74) is 1.01. The third-order valence-corrected chi connectivity index (χ3v) is 8.58. The summed E-state index contributed by atoms with van der Waals surface area (Å²) in [5, 5.41) is 3.58. The molecule has 5 rings (SSSR count). The van der Waals surface area contributed by atoms with Gasteiger partial charge in [-0.3, -0.25) is 19.4 Å². The molecule has 1 amide bonds. The number of nitrogens with one attached hydrogen (secondary N) is 1. The van der Waals surface area contributed by atoms with Gasteiger partial charge in [-0.05, 0) is 32.4 Å². The number of rotatable bonds is 6. The molecule has 0 radical (unpaired) electrons. The number of halogens is 2. The summed E-state index contributed by atoms with van der Waals surface area (Å²) in [5.74, 6) is -1.39. The van der Waals surface area contributed by atoms with Crippen molar-refractivity contribution in [1.82, 2.24) is 19.7 Å². The predicted molar refractivity (Wildman–Crippen MR) is 151 cm³/mol. The Labute approximate surface area is 234 Å². The third kappa shape index (κ3) is 6.00. The van der Waals surface area contributed by atoms with E-state index in [2.05, 4.69) is 35.9 Å². The van der Waals surface area contributed by atoms with Crippen molar-refractivity contribution < 1.29 is 18.3 Å². The number of aromatic nitrogens is 1. The van der Waals surface area contributed by atoms with Gasteiger partial charge in [-0.2, -0.15) is 0 Å². The minimum Gasteiger partial charge on any atom is -0.376 e. The molecule has 1 N–H and O–H groups in total. The number of nitrogens with zero attached hydrogens (tertiary/aromatic N) is 4. The lowest BCUT2D eigenvalue weighted by Gasteiger charge is -2.44. The standard InChI is InChI=1S/C30H41F2N5O3/c1-19-11-35(24(10-33-19)14-34-12-21(3)40-17-20(34)2)16-29(39)37-18-30(4,5)25-9-28(38)36(15-27(25)37)13-22-6-7-23(31)8-26(22)32/h6-9,15,19-21,24,33H,10-14,16-18H2,1-5H3/t19-,20-,21+,24-/m1/s1. The van der Waals surface area contributed by atoms with Crippen molar-refractivity contribution in [1.29, 1.82) is 0 Å². The molecule has 2 aromatic rings. The number of morpholine rings is 1. The molecule has 0 aliphatic carbocycles. The third-order valence-electron chi connectivity index (χ3n) is 8.58. The Hall–Kier alpha value is -2.66. The quantitative estimate of drug-likeness (QED) is 0.589. The van der Waals surface area contributed by atoms with E-state index in [0.717, 1.165) is 37.8 Å². The van der Waals surface area contributed by atoms with Gasteiger partial charge >= 0.3 is 0 Å². The van der Waals surface area contributed by atoms with Crippen molar-refractivity contribution in [2.45, 2.75) is 70.8 Å². The van der Waals surface area contributed by atoms with Gasteiger partial charge in [-0.15, -0.1) is 0 Å². The van der Waals surface area contributed by atoms with Crippen LogP contribution in [0.25, 0.3) is 0 Å².